The molecule has 1 aromatic heterocycles. The number of hydrogen-bond donors (Lipinski definition) is 1. The fourth-order valence-corrected chi connectivity index (χ4v) is 2.49. The van der Waals surface area contributed by atoms with E-state index in [1.807, 2.05) is 23.6 Å². The SMILES string of the molecule is CCOC(=O)c1ccccc1NC(=O)/C(C#N)=C\c1cccs1. The van der Waals surface area contributed by atoms with E-state index in [9.17, 15) is 9.59 Å². The van der Waals surface area contributed by atoms with Crippen LogP contribution in [0.4, 0.5) is 5.69 Å². The largest absolute Gasteiger partial charge is 0.462 e. The van der Waals surface area contributed by atoms with Crippen LogP contribution < -0.4 is 5.32 Å². The lowest BCUT2D eigenvalue weighted by atomic mass is 10.1. The van der Waals surface area contributed by atoms with Crippen molar-refractivity contribution in [3.05, 3.63) is 57.8 Å². The number of benzene rings is 1. The number of nitriles is 1. The Morgan fingerprint density at radius 1 is 1.30 bits per heavy atom. The predicted molar refractivity (Wildman–Crippen MR) is 88.9 cm³/mol. The van der Waals surface area contributed by atoms with Crippen molar-refractivity contribution in [1.29, 1.82) is 5.26 Å². The maximum Gasteiger partial charge on any atom is 0.340 e. The number of carbonyl (C=O) groups excluding carboxylic acids is 2. The average molecular weight is 326 g/mol. The van der Waals surface area contributed by atoms with Gasteiger partial charge in [0.15, 0.2) is 0 Å². The molecule has 0 saturated carbocycles. The summed E-state index contributed by atoms with van der Waals surface area (Å²) in [6.45, 7) is 1.94. The summed E-state index contributed by atoms with van der Waals surface area (Å²) in [5.41, 5.74) is 0.519. The Morgan fingerprint density at radius 2 is 2.09 bits per heavy atom. The summed E-state index contributed by atoms with van der Waals surface area (Å²) in [5.74, 6) is -1.10. The molecular formula is C17H14N2O3S. The number of amides is 1. The van der Waals surface area contributed by atoms with Gasteiger partial charge >= 0.3 is 5.97 Å². The Morgan fingerprint density at radius 3 is 2.74 bits per heavy atom. The number of carbonyl (C=O) groups is 2. The first-order chi connectivity index (χ1) is 11.2. The van der Waals surface area contributed by atoms with Crippen molar-refractivity contribution in [1.82, 2.24) is 0 Å². The van der Waals surface area contributed by atoms with Gasteiger partial charge in [0.2, 0.25) is 0 Å². The van der Waals surface area contributed by atoms with Crippen LogP contribution in [-0.2, 0) is 9.53 Å². The first-order valence-electron chi connectivity index (χ1n) is 6.88. The minimum atomic E-state index is -0.572. The summed E-state index contributed by atoms with van der Waals surface area (Å²) in [6.07, 6.45) is 1.51. The highest BCUT2D eigenvalue weighted by Gasteiger charge is 2.16. The van der Waals surface area contributed by atoms with E-state index in [0.29, 0.717) is 5.69 Å². The molecule has 0 saturated heterocycles. The van der Waals surface area contributed by atoms with Crippen LogP contribution in [0.5, 0.6) is 0 Å². The lowest BCUT2D eigenvalue weighted by Crippen LogP contribution is -2.17. The van der Waals surface area contributed by atoms with Gasteiger partial charge in [-0.25, -0.2) is 4.79 Å². The Hall–Kier alpha value is -2.91. The second kappa shape index (κ2) is 7.92. The summed E-state index contributed by atoms with van der Waals surface area (Å²) in [4.78, 5) is 24.9. The number of rotatable bonds is 5. The van der Waals surface area contributed by atoms with Gasteiger partial charge in [-0.3, -0.25) is 4.79 Å². The summed E-state index contributed by atoms with van der Waals surface area (Å²) in [7, 11) is 0. The van der Waals surface area contributed by atoms with Gasteiger partial charge < -0.3 is 10.1 Å². The highest BCUT2D eigenvalue weighted by Crippen LogP contribution is 2.18. The minimum absolute atomic E-state index is 0.0360. The van der Waals surface area contributed by atoms with Crippen LogP contribution in [0.2, 0.25) is 0 Å². The Balaban J connectivity index is 2.23. The number of hydrogen-bond acceptors (Lipinski definition) is 5. The van der Waals surface area contributed by atoms with Crippen molar-refractivity contribution >= 4 is 35.0 Å². The van der Waals surface area contributed by atoms with Crippen LogP contribution in [0, 0.1) is 11.3 Å². The second-order valence-electron chi connectivity index (χ2n) is 4.41. The zero-order chi connectivity index (χ0) is 16.7. The van der Waals surface area contributed by atoms with Gasteiger partial charge in [0, 0.05) is 4.88 Å². The number of ether oxygens (including phenoxy) is 1. The molecule has 6 heteroatoms. The van der Waals surface area contributed by atoms with Crippen LogP contribution >= 0.6 is 11.3 Å². The Kier molecular flexibility index (Phi) is 5.67. The van der Waals surface area contributed by atoms with E-state index in [-0.39, 0.29) is 17.7 Å². The summed E-state index contributed by atoms with van der Waals surface area (Å²) in [5, 5.41) is 13.6. The minimum Gasteiger partial charge on any atom is -0.462 e. The maximum atomic E-state index is 12.3. The van der Waals surface area contributed by atoms with Crippen molar-refractivity contribution < 1.29 is 14.3 Å². The van der Waals surface area contributed by atoms with Gasteiger partial charge in [-0.2, -0.15) is 5.26 Å². The monoisotopic (exact) mass is 326 g/mol. The number of nitrogens with zero attached hydrogens (tertiary/aromatic N) is 1. The zero-order valence-electron chi connectivity index (χ0n) is 12.4. The van der Waals surface area contributed by atoms with Crippen LogP contribution in [0.3, 0.4) is 0 Å². The number of anilines is 1. The molecule has 0 radical (unpaired) electrons. The lowest BCUT2D eigenvalue weighted by Gasteiger charge is -2.09. The van der Waals surface area contributed by atoms with Gasteiger partial charge in [-0.15, -0.1) is 11.3 Å². The fourth-order valence-electron chi connectivity index (χ4n) is 1.83. The molecule has 5 nitrogen and oxygen atoms in total. The molecule has 0 bridgehead atoms. The molecule has 0 aliphatic carbocycles. The van der Waals surface area contributed by atoms with E-state index >= 15 is 0 Å². The van der Waals surface area contributed by atoms with E-state index in [2.05, 4.69) is 5.32 Å². The van der Waals surface area contributed by atoms with E-state index in [0.717, 1.165) is 4.88 Å². The van der Waals surface area contributed by atoms with Gasteiger partial charge in [0.25, 0.3) is 5.91 Å². The van der Waals surface area contributed by atoms with E-state index in [1.165, 1.54) is 17.4 Å². The third-order valence-corrected chi connectivity index (χ3v) is 3.68. The lowest BCUT2D eigenvalue weighted by molar-refractivity contribution is -0.112. The number of thiophene rings is 1. The highest BCUT2D eigenvalue weighted by molar-refractivity contribution is 7.10. The van der Waals surface area contributed by atoms with Crippen LogP contribution in [0.15, 0.2) is 47.4 Å². The molecule has 1 heterocycles. The highest BCUT2D eigenvalue weighted by atomic mass is 32.1. The first-order valence-corrected chi connectivity index (χ1v) is 7.76. The fraction of sp³-hybridized carbons (Fsp3) is 0.118. The summed E-state index contributed by atoms with van der Waals surface area (Å²) < 4.78 is 4.95. The molecule has 0 spiro atoms. The number of esters is 1. The van der Waals surface area contributed by atoms with Gasteiger partial charge in [0.05, 0.1) is 17.9 Å². The summed E-state index contributed by atoms with van der Waals surface area (Å²) in [6, 6.07) is 12.0. The molecule has 1 N–H and O–H groups in total. The van der Waals surface area contributed by atoms with Crippen molar-refractivity contribution in [3.8, 4) is 6.07 Å². The molecular weight excluding hydrogens is 312 g/mol. The van der Waals surface area contributed by atoms with Crippen molar-refractivity contribution in [2.24, 2.45) is 0 Å². The molecule has 116 valence electrons. The predicted octanol–water partition coefficient (Wildman–Crippen LogP) is 3.47. The van der Waals surface area contributed by atoms with E-state index in [4.69, 9.17) is 10.00 Å². The van der Waals surface area contributed by atoms with Gasteiger partial charge in [0.1, 0.15) is 11.6 Å². The van der Waals surface area contributed by atoms with E-state index < -0.39 is 11.9 Å². The number of nitrogens with one attached hydrogen (secondary N) is 1. The first kappa shape index (κ1) is 16.5. The summed E-state index contributed by atoms with van der Waals surface area (Å²) >= 11 is 1.42. The molecule has 0 fully saturated rings. The molecule has 2 rings (SSSR count). The van der Waals surface area contributed by atoms with Gasteiger partial charge in [-0.05, 0) is 36.6 Å². The number of para-hydroxylation sites is 1. The average Bonchev–Trinajstić information content (AvgIpc) is 3.06. The van der Waals surface area contributed by atoms with Gasteiger partial charge in [-0.1, -0.05) is 18.2 Å². The molecule has 0 atom stereocenters. The van der Waals surface area contributed by atoms with Crippen molar-refractivity contribution in [2.75, 3.05) is 11.9 Å². The second-order valence-corrected chi connectivity index (χ2v) is 5.38. The third-order valence-electron chi connectivity index (χ3n) is 2.87. The maximum absolute atomic E-state index is 12.3. The van der Waals surface area contributed by atoms with Crippen LogP contribution in [0.25, 0.3) is 6.08 Å². The molecule has 2 aromatic rings. The molecule has 1 aromatic carbocycles. The van der Waals surface area contributed by atoms with Crippen molar-refractivity contribution in [3.63, 3.8) is 0 Å². The van der Waals surface area contributed by atoms with Crippen LogP contribution in [-0.4, -0.2) is 18.5 Å². The molecule has 23 heavy (non-hydrogen) atoms. The third kappa shape index (κ3) is 4.28. The molecule has 0 aliphatic heterocycles. The van der Waals surface area contributed by atoms with Crippen LogP contribution in [0.1, 0.15) is 22.2 Å². The quantitative estimate of drug-likeness (QED) is 0.518. The normalized spacial score (nSPS) is 10.7. The van der Waals surface area contributed by atoms with E-state index in [1.54, 1.807) is 31.2 Å². The standard InChI is InChI=1S/C17H14N2O3S/c1-2-22-17(21)14-7-3-4-8-15(14)19-16(20)12(11-18)10-13-6-5-9-23-13/h3-10H,2H2,1H3,(H,19,20)/b12-10-. The molecule has 1 amide bonds. The Labute approximate surface area is 137 Å². The molecule has 0 unspecified atom stereocenters. The molecule has 0 aliphatic rings. The Bertz CT molecular complexity index is 773. The topological polar surface area (TPSA) is 79.2 Å². The zero-order valence-corrected chi connectivity index (χ0v) is 13.2. The smallest absolute Gasteiger partial charge is 0.340 e. The van der Waals surface area contributed by atoms with Crippen molar-refractivity contribution in [2.45, 2.75) is 6.92 Å².